The molecule has 0 aliphatic heterocycles. The van der Waals surface area contributed by atoms with E-state index in [2.05, 4.69) is 6.07 Å². The summed E-state index contributed by atoms with van der Waals surface area (Å²) in [6, 6.07) is 7.24. The second kappa shape index (κ2) is 6.70. The number of ether oxygens (including phenoxy) is 1. The molecule has 1 rings (SSSR count). The van der Waals surface area contributed by atoms with Crippen molar-refractivity contribution in [3.63, 3.8) is 0 Å². The van der Waals surface area contributed by atoms with Crippen molar-refractivity contribution in [1.82, 2.24) is 4.90 Å². The van der Waals surface area contributed by atoms with Gasteiger partial charge in [-0.2, -0.15) is 5.26 Å². The second-order valence-corrected chi connectivity index (χ2v) is 4.77. The van der Waals surface area contributed by atoms with E-state index in [0.717, 1.165) is 0 Å². The minimum atomic E-state index is 0.0535. The quantitative estimate of drug-likeness (QED) is 0.826. The maximum atomic E-state index is 8.70. The molecule has 0 spiro atoms. The summed E-state index contributed by atoms with van der Waals surface area (Å²) in [4.78, 5) is 1.95. The van der Waals surface area contributed by atoms with Crippen molar-refractivity contribution >= 4 is 23.2 Å². The van der Waals surface area contributed by atoms with Gasteiger partial charge < -0.3 is 9.64 Å². The zero-order valence-corrected chi connectivity index (χ0v) is 11.3. The lowest BCUT2D eigenvalue weighted by Crippen LogP contribution is -2.33. The average molecular weight is 273 g/mol. The fourth-order valence-electron chi connectivity index (χ4n) is 1.30. The van der Waals surface area contributed by atoms with Crippen molar-refractivity contribution < 1.29 is 4.74 Å². The predicted octanol–water partition coefficient (Wildman–Crippen LogP) is 3.22. The van der Waals surface area contributed by atoms with Crippen LogP contribution in [0.4, 0.5) is 0 Å². The number of nitrogens with zero attached hydrogens (tertiary/aromatic N) is 2. The van der Waals surface area contributed by atoms with E-state index in [0.29, 0.717) is 28.8 Å². The number of likely N-dealkylation sites (N-methyl/N-ethyl adjacent to an activating group) is 1. The molecule has 0 aromatic heterocycles. The molecule has 0 N–H and O–H groups in total. The minimum absolute atomic E-state index is 0.0535. The Balaban J connectivity index is 2.62. The topological polar surface area (TPSA) is 36.3 Å². The lowest BCUT2D eigenvalue weighted by atomic mass is 10.2. The number of halogens is 2. The summed E-state index contributed by atoms with van der Waals surface area (Å²) in [6.45, 7) is 0.428. The molecule has 1 unspecified atom stereocenters. The van der Waals surface area contributed by atoms with Crippen LogP contribution in [-0.2, 0) is 0 Å². The van der Waals surface area contributed by atoms with Crippen LogP contribution < -0.4 is 4.74 Å². The molecule has 0 saturated heterocycles. The van der Waals surface area contributed by atoms with Gasteiger partial charge in [-0.15, -0.1) is 0 Å². The van der Waals surface area contributed by atoms with Crippen LogP contribution in [0.1, 0.15) is 6.42 Å². The third-order valence-electron chi connectivity index (χ3n) is 2.34. The van der Waals surface area contributed by atoms with Crippen molar-refractivity contribution in [3.05, 3.63) is 28.2 Å². The van der Waals surface area contributed by atoms with Gasteiger partial charge in [0.05, 0.1) is 18.5 Å². The van der Waals surface area contributed by atoms with Crippen LogP contribution in [0.2, 0.25) is 10.0 Å². The Labute approximate surface area is 111 Å². The van der Waals surface area contributed by atoms with E-state index < -0.39 is 0 Å². The van der Waals surface area contributed by atoms with Crippen molar-refractivity contribution in [2.24, 2.45) is 0 Å². The zero-order chi connectivity index (χ0) is 12.8. The number of benzene rings is 1. The average Bonchev–Trinajstić information content (AvgIpc) is 2.22. The maximum Gasteiger partial charge on any atom is 0.122 e. The van der Waals surface area contributed by atoms with E-state index in [9.17, 15) is 0 Å². The summed E-state index contributed by atoms with van der Waals surface area (Å²) in [5.41, 5.74) is 0. The monoisotopic (exact) mass is 272 g/mol. The van der Waals surface area contributed by atoms with Crippen LogP contribution in [0.15, 0.2) is 18.2 Å². The van der Waals surface area contributed by atoms with Crippen LogP contribution >= 0.6 is 23.2 Å². The molecule has 1 aromatic rings. The van der Waals surface area contributed by atoms with Gasteiger partial charge in [0.15, 0.2) is 0 Å². The molecule has 1 aromatic carbocycles. The molecule has 0 saturated carbocycles. The van der Waals surface area contributed by atoms with Crippen molar-refractivity contribution in [2.45, 2.75) is 12.5 Å². The summed E-state index contributed by atoms with van der Waals surface area (Å²) < 4.78 is 5.58. The Morgan fingerprint density at radius 2 is 1.88 bits per heavy atom. The maximum absolute atomic E-state index is 8.70. The van der Waals surface area contributed by atoms with Gasteiger partial charge in [-0.3, -0.25) is 0 Å². The number of nitriles is 1. The van der Waals surface area contributed by atoms with E-state index in [1.165, 1.54) is 0 Å². The summed E-state index contributed by atoms with van der Waals surface area (Å²) >= 11 is 11.7. The first kappa shape index (κ1) is 14.1. The van der Waals surface area contributed by atoms with Gasteiger partial charge in [-0.25, -0.2) is 0 Å². The molecule has 0 bridgehead atoms. The first-order chi connectivity index (χ1) is 8.02. The number of rotatable bonds is 5. The predicted molar refractivity (Wildman–Crippen MR) is 69.7 cm³/mol. The normalized spacial score (nSPS) is 12.2. The highest BCUT2D eigenvalue weighted by atomic mass is 35.5. The Hall–Kier alpha value is -0.950. The second-order valence-electron chi connectivity index (χ2n) is 3.90. The lowest BCUT2D eigenvalue weighted by Gasteiger charge is -2.21. The fraction of sp³-hybridized carbons (Fsp3) is 0.417. The highest BCUT2D eigenvalue weighted by molar-refractivity contribution is 6.34. The standard InChI is InChI=1S/C12H14Cl2N2O/c1-16(2)11(3-4-15)8-17-12-6-9(13)5-10(14)7-12/h5-7,11H,3,8H2,1-2H3. The van der Waals surface area contributed by atoms with Crippen LogP contribution in [0.3, 0.4) is 0 Å². The number of hydrogen-bond donors (Lipinski definition) is 0. The van der Waals surface area contributed by atoms with Crippen molar-refractivity contribution in [3.8, 4) is 11.8 Å². The van der Waals surface area contributed by atoms with Gasteiger partial charge in [0.2, 0.25) is 0 Å². The van der Waals surface area contributed by atoms with E-state index in [1.54, 1.807) is 18.2 Å². The first-order valence-electron chi connectivity index (χ1n) is 5.15. The van der Waals surface area contributed by atoms with Gasteiger partial charge in [-0.05, 0) is 32.3 Å². The molecule has 0 radical (unpaired) electrons. The highest BCUT2D eigenvalue weighted by Gasteiger charge is 2.12. The highest BCUT2D eigenvalue weighted by Crippen LogP contribution is 2.24. The SMILES string of the molecule is CN(C)C(CC#N)COc1cc(Cl)cc(Cl)c1. The van der Waals surface area contributed by atoms with Gasteiger partial charge in [0.1, 0.15) is 12.4 Å². The zero-order valence-electron chi connectivity index (χ0n) is 9.78. The molecule has 0 aliphatic carbocycles. The summed E-state index contributed by atoms with van der Waals surface area (Å²) in [7, 11) is 3.83. The minimum Gasteiger partial charge on any atom is -0.492 e. The Morgan fingerprint density at radius 1 is 1.29 bits per heavy atom. The fourth-order valence-corrected chi connectivity index (χ4v) is 1.81. The van der Waals surface area contributed by atoms with Gasteiger partial charge in [0.25, 0.3) is 0 Å². The molecular weight excluding hydrogens is 259 g/mol. The third-order valence-corrected chi connectivity index (χ3v) is 2.77. The molecule has 3 nitrogen and oxygen atoms in total. The molecule has 0 heterocycles. The van der Waals surface area contributed by atoms with E-state index in [4.69, 9.17) is 33.2 Å². The molecule has 1 atom stereocenters. The van der Waals surface area contributed by atoms with E-state index >= 15 is 0 Å². The molecule has 0 fully saturated rings. The summed E-state index contributed by atoms with van der Waals surface area (Å²) in [5.74, 6) is 0.618. The van der Waals surface area contributed by atoms with Crippen LogP contribution in [0.5, 0.6) is 5.75 Å². The van der Waals surface area contributed by atoms with Crippen LogP contribution in [-0.4, -0.2) is 31.6 Å². The molecular formula is C12H14Cl2N2O. The third kappa shape index (κ3) is 4.82. The molecule has 92 valence electrons. The summed E-state index contributed by atoms with van der Waals surface area (Å²) in [6.07, 6.45) is 0.418. The summed E-state index contributed by atoms with van der Waals surface area (Å²) in [5, 5.41) is 9.77. The van der Waals surface area contributed by atoms with Crippen molar-refractivity contribution in [1.29, 1.82) is 5.26 Å². The number of hydrogen-bond acceptors (Lipinski definition) is 3. The van der Waals surface area contributed by atoms with Crippen LogP contribution in [0, 0.1) is 11.3 Å². The van der Waals surface area contributed by atoms with Gasteiger partial charge in [-0.1, -0.05) is 23.2 Å². The first-order valence-corrected chi connectivity index (χ1v) is 5.91. The van der Waals surface area contributed by atoms with E-state index in [-0.39, 0.29) is 6.04 Å². The Morgan fingerprint density at radius 3 is 2.35 bits per heavy atom. The van der Waals surface area contributed by atoms with E-state index in [1.807, 2.05) is 19.0 Å². The van der Waals surface area contributed by atoms with Gasteiger partial charge in [0, 0.05) is 10.0 Å². The molecule has 17 heavy (non-hydrogen) atoms. The lowest BCUT2D eigenvalue weighted by molar-refractivity contribution is 0.188. The smallest absolute Gasteiger partial charge is 0.122 e. The Bertz CT molecular complexity index is 395. The van der Waals surface area contributed by atoms with Crippen LogP contribution in [0.25, 0.3) is 0 Å². The Kier molecular flexibility index (Phi) is 5.57. The molecule has 0 aliphatic rings. The largest absolute Gasteiger partial charge is 0.492 e. The molecule has 5 heteroatoms. The van der Waals surface area contributed by atoms with Crippen molar-refractivity contribution in [2.75, 3.05) is 20.7 Å². The van der Waals surface area contributed by atoms with Gasteiger partial charge >= 0.3 is 0 Å². The molecule has 0 amide bonds.